The van der Waals surface area contributed by atoms with Gasteiger partial charge < -0.3 is 14.9 Å². The standard InChI is InChI=1S/C20H17FN2O4S/c1-27-16-8-2-13(3-9-16)10-11-22-17(12-18(24)25)19(26)23(20(22)28)15-6-4-14(21)5-7-15/h2-11,26H,12H2,1H3,(H,24,25). The van der Waals surface area contributed by atoms with Crippen LogP contribution in [0.3, 0.4) is 0 Å². The fraction of sp³-hybridized carbons (Fsp3) is 0.100. The Balaban J connectivity index is 2.09. The predicted octanol–water partition coefficient (Wildman–Crippen LogP) is 4.12. The molecule has 0 spiro atoms. The molecule has 2 N–H and O–H groups in total. The Labute approximate surface area is 165 Å². The van der Waals surface area contributed by atoms with Crippen molar-refractivity contribution >= 4 is 30.5 Å². The summed E-state index contributed by atoms with van der Waals surface area (Å²) in [7, 11) is 1.57. The second-order valence-electron chi connectivity index (χ2n) is 5.89. The van der Waals surface area contributed by atoms with Gasteiger partial charge in [-0.1, -0.05) is 12.1 Å². The van der Waals surface area contributed by atoms with E-state index in [2.05, 4.69) is 0 Å². The van der Waals surface area contributed by atoms with E-state index in [4.69, 9.17) is 17.0 Å². The third kappa shape index (κ3) is 3.96. The van der Waals surface area contributed by atoms with Gasteiger partial charge in [0.05, 0.1) is 24.9 Å². The van der Waals surface area contributed by atoms with Crippen LogP contribution in [0.5, 0.6) is 11.6 Å². The molecule has 1 heterocycles. The number of aromatic nitrogens is 2. The van der Waals surface area contributed by atoms with Crippen molar-refractivity contribution in [2.75, 3.05) is 7.11 Å². The number of aromatic hydroxyl groups is 1. The first-order valence-electron chi connectivity index (χ1n) is 8.25. The van der Waals surface area contributed by atoms with Gasteiger partial charge in [0.15, 0.2) is 4.77 Å². The van der Waals surface area contributed by atoms with Crippen molar-refractivity contribution in [3.63, 3.8) is 0 Å². The summed E-state index contributed by atoms with van der Waals surface area (Å²) >= 11 is 5.43. The minimum absolute atomic E-state index is 0.117. The first-order chi connectivity index (χ1) is 13.4. The van der Waals surface area contributed by atoms with Gasteiger partial charge >= 0.3 is 5.97 Å². The molecule has 2 aromatic carbocycles. The van der Waals surface area contributed by atoms with Crippen LogP contribution < -0.4 is 4.74 Å². The third-order valence-corrected chi connectivity index (χ3v) is 4.47. The molecular formula is C20H17FN2O4S. The van der Waals surface area contributed by atoms with Crippen LogP contribution in [-0.2, 0) is 11.2 Å². The van der Waals surface area contributed by atoms with Gasteiger partial charge in [-0.2, -0.15) is 0 Å². The summed E-state index contributed by atoms with van der Waals surface area (Å²) in [6.45, 7) is 0. The van der Waals surface area contributed by atoms with Crippen molar-refractivity contribution in [3.05, 3.63) is 70.4 Å². The molecule has 0 aliphatic rings. The fourth-order valence-corrected chi connectivity index (χ4v) is 3.07. The zero-order chi connectivity index (χ0) is 20.3. The highest BCUT2D eigenvalue weighted by atomic mass is 32.1. The van der Waals surface area contributed by atoms with Crippen LogP contribution in [0.15, 0.2) is 48.5 Å². The zero-order valence-corrected chi connectivity index (χ0v) is 15.7. The molecule has 0 fully saturated rings. The van der Waals surface area contributed by atoms with E-state index in [0.717, 1.165) is 5.56 Å². The van der Waals surface area contributed by atoms with Crippen LogP contribution in [-0.4, -0.2) is 32.4 Å². The highest BCUT2D eigenvalue weighted by Gasteiger charge is 2.19. The molecule has 3 aromatic rings. The summed E-state index contributed by atoms with van der Waals surface area (Å²) in [5, 5.41) is 19.8. The molecule has 0 saturated heterocycles. The molecule has 0 atom stereocenters. The molecule has 0 unspecified atom stereocenters. The van der Waals surface area contributed by atoms with Gasteiger partial charge in [-0.3, -0.25) is 13.9 Å². The maximum Gasteiger partial charge on any atom is 0.309 e. The molecule has 0 radical (unpaired) electrons. The molecule has 8 heteroatoms. The monoisotopic (exact) mass is 400 g/mol. The molecule has 0 amide bonds. The van der Waals surface area contributed by atoms with E-state index in [0.29, 0.717) is 11.4 Å². The van der Waals surface area contributed by atoms with E-state index in [1.54, 1.807) is 31.5 Å². The Kier molecular flexibility index (Phi) is 5.60. The van der Waals surface area contributed by atoms with Crippen LogP contribution >= 0.6 is 12.2 Å². The second-order valence-corrected chi connectivity index (χ2v) is 6.26. The van der Waals surface area contributed by atoms with Crippen molar-refractivity contribution in [3.8, 4) is 17.3 Å². The number of hydrogen-bond donors (Lipinski definition) is 2. The highest BCUT2D eigenvalue weighted by Crippen LogP contribution is 2.27. The Bertz CT molecular complexity index is 1080. The second kappa shape index (κ2) is 8.10. The van der Waals surface area contributed by atoms with Crippen molar-refractivity contribution in [2.24, 2.45) is 0 Å². The molecule has 28 heavy (non-hydrogen) atoms. The smallest absolute Gasteiger partial charge is 0.309 e. The van der Waals surface area contributed by atoms with Crippen LogP contribution in [0.4, 0.5) is 4.39 Å². The molecule has 1 aromatic heterocycles. The number of rotatable bonds is 6. The van der Waals surface area contributed by atoms with Gasteiger partial charge in [0, 0.05) is 6.20 Å². The average Bonchev–Trinajstić information content (AvgIpc) is 2.90. The Morgan fingerprint density at radius 1 is 1.18 bits per heavy atom. The van der Waals surface area contributed by atoms with Crippen molar-refractivity contribution < 1.29 is 24.1 Å². The maximum absolute atomic E-state index is 13.2. The lowest BCUT2D eigenvalue weighted by atomic mass is 10.2. The van der Waals surface area contributed by atoms with Gasteiger partial charge in [-0.15, -0.1) is 0 Å². The molecule has 3 rings (SSSR count). The van der Waals surface area contributed by atoms with E-state index in [1.807, 2.05) is 12.1 Å². The lowest BCUT2D eigenvalue weighted by Crippen LogP contribution is -2.04. The number of carboxylic acid groups (broad SMARTS) is 1. The molecule has 0 aliphatic heterocycles. The Hall–Kier alpha value is -3.39. The first kappa shape index (κ1) is 19.4. The Morgan fingerprint density at radius 3 is 2.39 bits per heavy atom. The molecule has 6 nitrogen and oxygen atoms in total. The van der Waals surface area contributed by atoms with Crippen molar-refractivity contribution in [1.29, 1.82) is 0 Å². The average molecular weight is 400 g/mol. The summed E-state index contributed by atoms with van der Waals surface area (Å²) in [5.74, 6) is -1.15. The number of nitrogens with zero attached hydrogens (tertiary/aromatic N) is 2. The summed E-state index contributed by atoms with van der Waals surface area (Å²) in [6, 6.07) is 12.6. The van der Waals surface area contributed by atoms with Crippen LogP contribution in [0.25, 0.3) is 18.0 Å². The number of carboxylic acids is 1. The predicted molar refractivity (Wildman–Crippen MR) is 106 cm³/mol. The number of benzene rings is 2. The number of halogens is 1. The SMILES string of the molecule is COc1ccc(C=Cn2c(CC(=O)O)c(O)n(-c3ccc(F)cc3)c2=S)cc1. The first-order valence-corrected chi connectivity index (χ1v) is 8.66. The van der Waals surface area contributed by atoms with E-state index in [9.17, 15) is 19.4 Å². The van der Waals surface area contributed by atoms with Gasteiger partial charge in [0.2, 0.25) is 5.88 Å². The number of ether oxygens (including phenoxy) is 1. The van der Waals surface area contributed by atoms with E-state index in [-0.39, 0.29) is 16.3 Å². The Morgan fingerprint density at radius 2 is 1.82 bits per heavy atom. The topological polar surface area (TPSA) is 76.6 Å². The van der Waals surface area contributed by atoms with Gasteiger partial charge in [0.25, 0.3) is 0 Å². The largest absolute Gasteiger partial charge is 0.497 e. The normalized spacial score (nSPS) is 11.1. The highest BCUT2D eigenvalue weighted by molar-refractivity contribution is 7.71. The van der Waals surface area contributed by atoms with E-state index < -0.39 is 18.2 Å². The van der Waals surface area contributed by atoms with Gasteiger partial charge in [-0.05, 0) is 60.3 Å². The van der Waals surface area contributed by atoms with Crippen molar-refractivity contribution in [2.45, 2.75) is 6.42 Å². The number of aliphatic carboxylic acids is 1. The van der Waals surface area contributed by atoms with Gasteiger partial charge in [-0.25, -0.2) is 4.39 Å². The maximum atomic E-state index is 13.2. The molecule has 0 bridgehead atoms. The van der Waals surface area contributed by atoms with Crippen LogP contribution in [0, 0.1) is 10.6 Å². The van der Waals surface area contributed by atoms with Crippen molar-refractivity contribution in [1.82, 2.24) is 9.13 Å². The molecule has 0 aliphatic carbocycles. The van der Waals surface area contributed by atoms with E-state index >= 15 is 0 Å². The minimum atomic E-state index is -1.12. The number of hydrogen-bond acceptors (Lipinski definition) is 4. The molecule has 144 valence electrons. The fourth-order valence-electron chi connectivity index (χ4n) is 2.71. The lowest BCUT2D eigenvalue weighted by molar-refractivity contribution is -0.136. The lowest BCUT2D eigenvalue weighted by Gasteiger charge is -2.04. The number of methoxy groups -OCH3 is 1. The summed E-state index contributed by atoms with van der Waals surface area (Å²) in [6.07, 6.45) is 2.88. The van der Waals surface area contributed by atoms with Crippen LogP contribution in [0.2, 0.25) is 0 Å². The van der Waals surface area contributed by atoms with E-state index in [1.165, 1.54) is 33.4 Å². The quantitative estimate of drug-likeness (QED) is 0.609. The summed E-state index contributed by atoms with van der Waals surface area (Å²) in [5.41, 5.74) is 1.37. The number of imidazole rings is 1. The molecular weight excluding hydrogens is 383 g/mol. The van der Waals surface area contributed by atoms with Gasteiger partial charge in [0.1, 0.15) is 11.6 Å². The van der Waals surface area contributed by atoms with Crippen LogP contribution in [0.1, 0.15) is 11.3 Å². The number of carbonyl (C=O) groups is 1. The molecule has 0 saturated carbocycles. The summed E-state index contributed by atoms with van der Waals surface area (Å²) < 4.78 is 21.2. The summed E-state index contributed by atoms with van der Waals surface area (Å²) in [4.78, 5) is 11.3. The minimum Gasteiger partial charge on any atom is -0.497 e. The zero-order valence-electron chi connectivity index (χ0n) is 14.9. The third-order valence-electron chi connectivity index (χ3n) is 4.09.